The Hall–Kier alpha value is -1.00. The molecule has 0 fully saturated rings. The summed E-state index contributed by atoms with van der Waals surface area (Å²) in [4.78, 5) is 3.30. The van der Waals surface area contributed by atoms with Gasteiger partial charge in [-0.05, 0) is 12.1 Å². The molecule has 0 aromatic carbocycles. The van der Waals surface area contributed by atoms with Crippen LogP contribution in [0.2, 0.25) is 0 Å². The smallest absolute Gasteiger partial charge is 0.251 e. The molecule has 0 amide bonds. The Labute approximate surface area is 115 Å². The first kappa shape index (κ1) is 16.1. The number of aliphatic hydroxyl groups excluding tert-OH is 2. The molecular formula is C13H17F2NO2S. The van der Waals surface area contributed by atoms with Gasteiger partial charge in [-0.3, -0.25) is 4.90 Å². The van der Waals surface area contributed by atoms with Crippen LogP contribution in [0.25, 0.3) is 0 Å². The van der Waals surface area contributed by atoms with Crippen molar-refractivity contribution in [2.24, 2.45) is 0 Å². The molecule has 3 nitrogen and oxygen atoms in total. The van der Waals surface area contributed by atoms with Gasteiger partial charge in [0.05, 0.1) is 24.6 Å². The zero-order valence-electron chi connectivity index (χ0n) is 10.5. The molecule has 0 unspecified atom stereocenters. The molecular weight excluding hydrogens is 272 g/mol. The summed E-state index contributed by atoms with van der Waals surface area (Å²) in [6.45, 7) is 0.167. The molecule has 0 spiro atoms. The molecule has 19 heavy (non-hydrogen) atoms. The van der Waals surface area contributed by atoms with Gasteiger partial charge in [-0.15, -0.1) is 11.3 Å². The number of nitrogens with zero attached hydrogens (tertiary/aromatic N) is 1. The molecule has 0 aliphatic rings. The third-order valence-corrected chi connectivity index (χ3v) is 3.29. The average Bonchev–Trinajstić information content (AvgIpc) is 2.76. The fourth-order valence-corrected chi connectivity index (χ4v) is 2.45. The largest absolute Gasteiger partial charge is 0.395 e. The second-order valence-electron chi connectivity index (χ2n) is 3.89. The molecule has 0 aliphatic heterocycles. The third-order valence-electron chi connectivity index (χ3n) is 2.30. The highest BCUT2D eigenvalue weighted by molar-refractivity contribution is 7.12. The summed E-state index contributed by atoms with van der Waals surface area (Å²) in [6, 6.07) is 3.69. The van der Waals surface area contributed by atoms with Gasteiger partial charge in [0.15, 0.2) is 0 Å². The molecule has 0 saturated carbocycles. The molecule has 1 heterocycles. The third kappa shape index (κ3) is 6.64. The van der Waals surface area contributed by atoms with E-state index in [1.807, 2.05) is 12.1 Å². The fraction of sp³-hybridized carbons (Fsp3) is 0.538. The van der Waals surface area contributed by atoms with Gasteiger partial charge < -0.3 is 10.2 Å². The Morgan fingerprint density at radius 2 is 2.05 bits per heavy atom. The maximum atomic E-state index is 12.4. The Morgan fingerprint density at radius 1 is 1.26 bits per heavy atom. The number of thiophene rings is 1. The van der Waals surface area contributed by atoms with Crippen LogP contribution in [0.1, 0.15) is 16.2 Å². The molecule has 0 saturated heterocycles. The van der Waals surface area contributed by atoms with E-state index >= 15 is 0 Å². The normalized spacial score (nSPS) is 10.8. The maximum Gasteiger partial charge on any atom is 0.251 e. The lowest BCUT2D eigenvalue weighted by Crippen LogP contribution is -2.30. The van der Waals surface area contributed by atoms with Crippen molar-refractivity contribution in [1.29, 1.82) is 0 Å². The van der Waals surface area contributed by atoms with E-state index in [-0.39, 0.29) is 26.3 Å². The van der Waals surface area contributed by atoms with E-state index < -0.39 is 6.43 Å². The molecule has 0 bridgehead atoms. The molecule has 0 atom stereocenters. The molecule has 0 radical (unpaired) electrons. The minimum absolute atomic E-state index is 0.0316. The second kappa shape index (κ2) is 8.99. The van der Waals surface area contributed by atoms with Gasteiger partial charge in [-0.2, -0.15) is 0 Å². The number of halogens is 2. The van der Waals surface area contributed by atoms with Gasteiger partial charge in [0.2, 0.25) is 0 Å². The summed E-state index contributed by atoms with van der Waals surface area (Å²) in [7, 11) is 0. The highest BCUT2D eigenvalue weighted by Crippen LogP contribution is 2.18. The predicted molar refractivity (Wildman–Crippen MR) is 71.3 cm³/mol. The number of hydrogen-bond donors (Lipinski definition) is 2. The van der Waals surface area contributed by atoms with Gasteiger partial charge in [-0.1, -0.05) is 11.8 Å². The van der Waals surface area contributed by atoms with Crippen LogP contribution in [0.4, 0.5) is 8.78 Å². The van der Waals surface area contributed by atoms with Crippen LogP contribution in [-0.2, 0) is 6.54 Å². The van der Waals surface area contributed by atoms with Crippen molar-refractivity contribution >= 4 is 11.3 Å². The predicted octanol–water partition coefficient (Wildman–Crippen LogP) is 1.54. The second-order valence-corrected chi connectivity index (χ2v) is 5.06. The van der Waals surface area contributed by atoms with Gasteiger partial charge in [0, 0.05) is 24.4 Å². The minimum atomic E-state index is -2.41. The van der Waals surface area contributed by atoms with E-state index in [0.717, 1.165) is 9.75 Å². The highest BCUT2D eigenvalue weighted by atomic mass is 32.1. The molecule has 6 heteroatoms. The summed E-state index contributed by atoms with van der Waals surface area (Å²) in [6.07, 6.45) is -1.98. The molecule has 2 N–H and O–H groups in total. The first-order valence-electron chi connectivity index (χ1n) is 5.95. The van der Waals surface area contributed by atoms with Crippen LogP contribution in [0.3, 0.4) is 0 Å². The summed E-state index contributed by atoms with van der Waals surface area (Å²) in [5.74, 6) is 5.72. The van der Waals surface area contributed by atoms with Crippen molar-refractivity contribution in [3.8, 4) is 11.8 Å². The number of aliphatic hydroxyl groups is 2. The van der Waals surface area contributed by atoms with Crippen LogP contribution in [0, 0.1) is 11.8 Å². The van der Waals surface area contributed by atoms with E-state index in [2.05, 4.69) is 11.8 Å². The van der Waals surface area contributed by atoms with Crippen LogP contribution in [0.5, 0.6) is 0 Å². The molecule has 1 aromatic rings. The Morgan fingerprint density at radius 3 is 2.68 bits per heavy atom. The first-order valence-corrected chi connectivity index (χ1v) is 6.77. The van der Waals surface area contributed by atoms with Crippen molar-refractivity contribution < 1.29 is 19.0 Å². The Kier molecular flexibility index (Phi) is 7.60. The number of alkyl halides is 2. The van der Waals surface area contributed by atoms with Gasteiger partial charge in [0.25, 0.3) is 6.43 Å². The zero-order chi connectivity index (χ0) is 14.1. The minimum Gasteiger partial charge on any atom is -0.395 e. The van der Waals surface area contributed by atoms with Crippen molar-refractivity contribution in [2.75, 3.05) is 26.3 Å². The van der Waals surface area contributed by atoms with E-state index in [9.17, 15) is 8.78 Å². The lowest BCUT2D eigenvalue weighted by Gasteiger charge is -2.19. The van der Waals surface area contributed by atoms with Crippen molar-refractivity contribution in [3.63, 3.8) is 0 Å². The monoisotopic (exact) mass is 289 g/mol. The quantitative estimate of drug-likeness (QED) is 0.748. The maximum absolute atomic E-state index is 12.4. The summed E-state index contributed by atoms with van der Waals surface area (Å²) in [5, 5.41) is 17.5. The van der Waals surface area contributed by atoms with Crippen molar-refractivity contribution in [3.05, 3.63) is 21.9 Å². The standard InChI is InChI=1S/C13H17F2NO2S/c14-13(15)10-16(6-8-18)9-12-5-4-11(19-12)3-1-2-7-17/h4-5,13,17-18H,2,6-10H2. The lowest BCUT2D eigenvalue weighted by molar-refractivity contribution is 0.0751. The average molecular weight is 289 g/mol. The lowest BCUT2D eigenvalue weighted by atomic mass is 10.3. The van der Waals surface area contributed by atoms with E-state index in [1.54, 1.807) is 0 Å². The molecule has 1 rings (SSSR count). The van der Waals surface area contributed by atoms with Gasteiger partial charge in [0.1, 0.15) is 0 Å². The Bertz CT molecular complexity index is 426. The number of rotatable bonds is 7. The van der Waals surface area contributed by atoms with Crippen LogP contribution < -0.4 is 0 Å². The van der Waals surface area contributed by atoms with E-state index in [1.165, 1.54) is 16.2 Å². The van der Waals surface area contributed by atoms with Crippen LogP contribution in [0.15, 0.2) is 12.1 Å². The van der Waals surface area contributed by atoms with Crippen LogP contribution >= 0.6 is 11.3 Å². The van der Waals surface area contributed by atoms with Gasteiger partial charge in [-0.25, -0.2) is 8.78 Å². The summed E-state index contributed by atoms with van der Waals surface area (Å²) < 4.78 is 24.7. The number of hydrogen-bond acceptors (Lipinski definition) is 4. The van der Waals surface area contributed by atoms with Gasteiger partial charge >= 0.3 is 0 Å². The van der Waals surface area contributed by atoms with E-state index in [4.69, 9.17) is 10.2 Å². The summed E-state index contributed by atoms with van der Waals surface area (Å²) >= 11 is 1.44. The highest BCUT2D eigenvalue weighted by Gasteiger charge is 2.12. The fourth-order valence-electron chi connectivity index (χ4n) is 1.53. The SMILES string of the molecule is OCCC#Cc1ccc(CN(CCO)CC(F)F)s1. The zero-order valence-corrected chi connectivity index (χ0v) is 11.3. The van der Waals surface area contributed by atoms with Crippen molar-refractivity contribution in [1.82, 2.24) is 4.90 Å². The summed E-state index contributed by atoms with van der Waals surface area (Å²) in [5.41, 5.74) is 0. The van der Waals surface area contributed by atoms with E-state index in [0.29, 0.717) is 13.0 Å². The first-order chi connectivity index (χ1) is 9.15. The molecule has 106 valence electrons. The Balaban J connectivity index is 2.57. The van der Waals surface area contributed by atoms with Crippen LogP contribution in [-0.4, -0.2) is 47.8 Å². The topological polar surface area (TPSA) is 43.7 Å². The molecule has 0 aliphatic carbocycles. The van der Waals surface area contributed by atoms with Crippen molar-refractivity contribution in [2.45, 2.75) is 19.4 Å². The molecule has 1 aromatic heterocycles.